The highest BCUT2D eigenvalue weighted by Gasteiger charge is 2.18. The van der Waals surface area contributed by atoms with E-state index in [4.69, 9.17) is 0 Å². The van der Waals surface area contributed by atoms with Gasteiger partial charge in [-0.1, -0.05) is 30.0 Å². The average molecular weight is 428 g/mol. The summed E-state index contributed by atoms with van der Waals surface area (Å²) in [7, 11) is 0. The van der Waals surface area contributed by atoms with E-state index in [2.05, 4.69) is 20.3 Å². The van der Waals surface area contributed by atoms with Gasteiger partial charge in [-0.15, -0.1) is 11.3 Å². The van der Waals surface area contributed by atoms with Crippen molar-refractivity contribution in [3.8, 4) is 11.3 Å². The summed E-state index contributed by atoms with van der Waals surface area (Å²) in [4.78, 5) is 25.4. The van der Waals surface area contributed by atoms with E-state index >= 15 is 0 Å². The van der Waals surface area contributed by atoms with Crippen LogP contribution >= 0.6 is 23.1 Å². The van der Waals surface area contributed by atoms with E-state index < -0.39 is 16.9 Å². The second-order valence-electron chi connectivity index (χ2n) is 6.11. The maximum absolute atomic E-state index is 13.4. The first-order valence-electron chi connectivity index (χ1n) is 8.59. The van der Waals surface area contributed by atoms with Crippen LogP contribution in [0.1, 0.15) is 6.92 Å². The number of aromatic nitrogens is 3. The molecule has 0 unspecified atom stereocenters. The molecule has 0 spiro atoms. The molecule has 9 heteroatoms. The molecule has 1 N–H and O–H groups in total. The van der Waals surface area contributed by atoms with Crippen molar-refractivity contribution in [1.29, 1.82) is 0 Å². The fraction of sp³-hybridized carbons (Fsp3) is 0.100. The zero-order valence-electron chi connectivity index (χ0n) is 15.1. The quantitative estimate of drug-likeness (QED) is 0.352. The Morgan fingerprint density at radius 2 is 1.97 bits per heavy atom. The summed E-state index contributed by atoms with van der Waals surface area (Å²) in [5.41, 5.74) is 1.72. The zero-order valence-corrected chi connectivity index (χ0v) is 16.7. The first kappa shape index (κ1) is 19.4. The van der Waals surface area contributed by atoms with Crippen molar-refractivity contribution < 1.29 is 13.6 Å². The number of benzene rings is 2. The Morgan fingerprint density at radius 3 is 2.79 bits per heavy atom. The Bertz CT molecular complexity index is 1190. The highest BCUT2D eigenvalue weighted by atomic mass is 32.2. The van der Waals surface area contributed by atoms with Crippen molar-refractivity contribution in [1.82, 2.24) is 15.0 Å². The third-order valence-corrected chi connectivity index (χ3v) is 5.99. The topological polar surface area (TPSA) is 67.8 Å². The van der Waals surface area contributed by atoms with Gasteiger partial charge in [-0.05, 0) is 31.2 Å². The van der Waals surface area contributed by atoms with Gasteiger partial charge in [-0.25, -0.2) is 23.7 Å². The fourth-order valence-electron chi connectivity index (χ4n) is 2.62. The van der Waals surface area contributed by atoms with E-state index in [9.17, 15) is 13.6 Å². The van der Waals surface area contributed by atoms with Gasteiger partial charge in [0.05, 0.1) is 16.5 Å². The SMILES string of the molecule is C[C@H](Sc1ncnc2ccccc12)C(=O)Nc1nc(-c2ccc(F)c(F)c2)cs1. The first-order valence-corrected chi connectivity index (χ1v) is 10.4. The molecule has 0 bridgehead atoms. The van der Waals surface area contributed by atoms with Crippen LogP contribution in [0.2, 0.25) is 0 Å². The van der Waals surface area contributed by atoms with Gasteiger partial charge < -0.3 is 5.32 Å². The molecule has 29 heavy (non-hydrogen) atoms. The molecule has 146 valence electrons. The molecule has 0 aliphatic rings. The predicted octanol–water partition coefficient (Wildman–Crippen LogP) is 5.15. The third kappa shape index (κ3) is 4.25. The number of carbonyl (C=O) groups excluding carboxylic acids is 1. The summed E-state index contributed by atoms with van der Waals surface area (Å²) in [5.74, 6) is -2.09. The van der Waals surface area contributed by atoms with E-state index in [-0.39, 0.29) is 5.91 Å². The Balaban J connectivity index is 1.46. The van der Waals surface area contributed by atoms with E-state index in [1.807, 2.05) is 24.3 Å². The molecule has 0 saturated carbocycles. The van der Waals surface area contributed by atoms with Crippen LogP contribution in [0.15, 0.2) is 59.2 Å². The molecule has 4 rings (SSSR count). The lowest BCUT2D eigenvalue weighted by molar-refractivity contribution is -0.115. The van der Waals surface area contributed by atoms with Crippen molar-refractivity contribution in [2.75, 3.05) is 5.32 Å². The summed E-state index contributed by atoms with van der Waals surface area (Å²) in [6.45, 7) is 1.78. The molecule has 5 nitrogen and oxygen atoms in total. The minimum Gasteiger partial charge on any atom is -0.301 e. The highest BCUT2D eigenvalue weighted by molar-refractivity contribution is 8.00. The lowest BCUT2D eigenvalue weighted by atomic mass is 10.2. The Morgan fingerprint density at radius 1 is 1.14 bits per heavy atom. The number of anilines is 1. The molecule has 1 amide bonds. The van der Waals surface area contributed by atoms with Crippen molar-refractivity contribution in [2.45, 2.75) is 17.2 Å². The minimum atomic E-state index is -0.941. The lowest BCUT2D eigenvalue weighted by Gasteiger charge is -2.11. The largest absolute Gasteiger partial charge is 0.301 e. The molecule has 1 atom stereocenters. The van der Waals surface area contributed by atoms with Gasteiger partial charge >= 0.3 is 0 Å². The summed E-state index contributed by atoms with van der Waals surface area (Å²) in [6, 6.07) is 11.2. The van der Waals surface area contributed by atoms with Crippen LogP contribution in [0.3, 0.4) is 0 Å². The maximum Gasteiger partial charge on any atom is 0.239 e. The number of thiazole rings is 1. The highest BCUT2D eigenvalue weighted by Crippen LogP contribution is 2.30. The van der Waals surface area contributed by atoms with Gasteiger partial charge in [-0.3, -0.25) is 4.79 Å². The predicted molar refractivity (Wildman–Crippen MR) is 111 cm³/mol. The molecule has 2 aromatic heterocycles. The third-order valence-electron chi connectivity index (χ3n) is 4.11. The second kappa shape index (κ2) is 8.22. The molecule has 0 aliphatic heterocycles. The van der Waals surface area contributed by atoms with Crippen LogP contribution in [-0.2, 0) is 4.79 Å². The average Bonchev–Trinajstić information content (AvgIpc) is 3.18. The van der Waals surface area contributed by atoms with E-state index in [0.29, 0.717) is 16.4 Å². The number of thioether (sulfide) groups is 1. The molecule has 2 heterocycles. The lowest BCUT2D eigenvalue weighted by Crippen LogP contribution is -2.22. The molecular formula is C20H14F2N4OS2. The fourth-order valence-corrected chi connectivity index (χ4v) is 4.25. The summed E-state index contributed by atoms with van der Waals surface area (Å²) in [6.07, 6.45) is 1.48. The molecule has 0 radical (unpaired) electrons. The summed E-state index contributed by atoms with van der Waals surface area (Å²) >= 11 is 2.54. The number of halogens is 2. The number of carbonyl (C=O) groups is 1. The van der Waals surface area contributed by atoms with Crippen LogP contribution < -0.4 is 5.32 Å². The second-order valence-corrected chi connectivity index (χ2v) is 8.30. The van der Waals surface area contributed by atoms with Crippen molar-refractivity contribution in [2.24, 2.45) is 0 Å². The normalized spacial score (nSPS) is 12.1. The van der Waals surface area contributed by atoms with Crippen LogP contribution in [-0.4, -0.2) is 26.1 Å². The maximum atomic E-state index is 13.4. The van der Waals surface area contributed by atoms with E-state index in [0.717, 1.165) is 28.1 Å². The molecule has 0 fully saturated rings. The summed E-state index contributed by atoms with van der Waals surface area (Å²) in [5, 5.41) is 6.00. The number of fused-ring (bicyclic) bond motifs is 1. The molecule has 2 aromatic carbocycles. The molecule has 0 saturated heterocycles. The van der Waals surface area contributed by atoms with E-state index in [1.54, 1.807) is 12.3 Å². The molecule has 4 aromatic rings. The molecular weight excluding hydrogens is 414 g/mol. The zero-order chi connectivity index (χ0) is 20.4. The number of rotatable bonds is 5. The van der Waals surface area contributed by atoms with Gasteiger partial charge in [0.2, 0.25) is 5.91 Å². The monoisotopic (exact) mass is 428 g/mol. The van der Waals surface area contributed by atoms with Gasteiger partial charge in [-0.2, -0.15) is 0 Å². The van der Waals surface area contributed by atoms with Gasteiger partial charge in [0.1, 0.15) is 11.4 Å². The Hall–Kier alpha value is -2.91. The number of nitrogens with one attached hydrogen (secondary N) is 1. The summed E-state index contributed by atoms with van der Waals surface area (Å²) < 4.78 is 26.5. The van der Waals surface area contributed by atoms with Crippen molar-refractivity contribution in [3.63, 3.8) is 0 Å². The minimum absolute atomic E-state index is 0.233. The Kier molecular flexibility index (Phi) is 5.50. The number of nitrogens with zero attached hydrogens (tertiary/aromatic N) is 3. The Labute approximate surface area is 173 Å². The van der Waals surface area contributed by atoms with E-state index in [1.165, 1.54) is 35.5 Å². The van der Waals surface area contributed by atoms with Gasteiger partial charge in [0, 0.05) is 16.3 Å². The van der Waals surface area contributed by atoms with Crippen LogP contribution in [0.5, 0.6) is 0 Å². The smallest absolute Gasteiger partial charge is 0.239 e. The standard InChI is InChI=1S/C20H14F2N4OS2/c1-11(29-19-13-4-2-3-5-16(13)23-10-24-19)18(27)26-20-25-17(9-28-20)12-6-7-14(21)15(22)8-12/h2-11H,1H3,(H,25,26,27)/t11-/m0/s1. The van der Waals surface area contributed by atoms with Crippen molar-refractivity contribution in [3.05, 3.63) is 65.8 Å². The van der Waals surface area contributed by atoms with Gasteiger partial charge in [0.25, 0.3) is 0 Å². The van der Waals surface area contributed by atoms with Crippen LogP contribution in [0.25, 0.3) is 22.2 Å². The number of hydrogen-bond donors (Lipinski definition) is 1. The first-order chi connectivity index (χ1) is 14.0. The number of amides is 1. The molecule has 0 aliphatic carbocycles. The number of hydrogen-bond acceptors (Lipinski definition) is 6. The van der Waals surface area contributed by atoms with Crippen LogP contribution in [0, 0.1) is 11.6 Å². The van der Waals surface area contributed by atoms with Crippen LogP contribution in [0.4, 0.5) is 13.9 Å². The van der Waals surface area contributed by atoms with Gasteiger partial charge in [0.15, 0.2) is 16.8 Å². The number of para-hydroxylation sites is 1. The van der Waals surface area contributed by atoms with Crippen molar-refractivity contribution >= 4 is 45.0 Å².